The van der Waals surface area contributed by atoms with Gasteiger partial charge in [-0.2, -0.15) is 5.26 Å². The summed E-state index contributed by atoms with van der Waals surface area (Å²) >= 11 is 0. The van der Waals surface area contributed by atoms with E-state index >= 15 is 0 Å². The van der Waals surface area contributed by atoms with Crippen molar-refractivity contribution in [2.45, 2.75) is 75.9 Å². The van der Waals surface area contributed by atoms with Gasteiger partial charge in [-0.3, -0.25) is 4.79 Å². The zero-order valence-corrected chi connectivity index (χ0v) is 24.0. The summed E-state index contributed by atoms with van der Waals surface area (Å²) in [5.74, 6) is 1.09. The number of nitrogens with zero attached hydrogens (tertiary/aromatic N) is 4. The Labute approximate surface area is 230 Å². The first-order chi connectivity index (χ1) is 18.5. The largest absolute Gasteiger partial charge is 0.440 e. The topological polar surface area (TPSA) is 112 Å². The van der Waals surface area contributed by atoms with E-state index in [2.05, 4.69) is 20.6 Å². The molecule has 3 aliphatic rings. The number of nitriles is 1. The molecule has 8 nitrogen and oxygen atoms in total. The maximum Gasteiger partial charge on any atom is 0.225 e. The minimum Gasteiger partial charge on any atom is -0.440 e. The number of hydrogen-bond donors (Lipinski definition) is 1. The van der Waals surface area contributed by atoms with Gasteiger partial charge >= 0.3 is 0 Å². The van der Waals surface area contributed by atoms with E-state index in [0.29, 0.717) is 67.6 Å². The monoisotopic (exact) mass is 555 g/mol. The molecule has 1 aliphatic heterocycles. The van der Waals surface area contributed by atoms with Gasteiger partial charge in [-0.25, -0.2) is 17.9 Å². The lowest BCUT2D eigenvalue weighted by molar-refractivity contribution is -0.128. The highest BCUT2D eigenvalue weighted by atomic mass is 32.2. The Hall–Kier alpha value is -2.93. The number of amides is 1. The molecule has 1 N–H and O–H groups in total. The fraction of sp³-hybridized carbons (Fsp3) is 0.621. The average Bonchev–Trinajstić information content (AvgIpc) is 3.54. The van der Waals surface area contributed by atoms with Crippen LogP contribution in [0.2, 0.25) is 0 Å². The summed E-state index contributed by atoms with van der Waals surface area (Å²) in [4.78, 5) is 20.5. The number of alkyl halides is 1. The third-order valence-corrected chi connectivity index (χ3v) is 10.6. The Kier molecular flexibility index (Phi) is 7.25. The van der Waals surface area contributed by atoms with Crippen molar-refractivity contribution < 1.29 is 17.8 Å². The van der Waals surface area contributed by atoms with Crippen LogP contribution in [0.25, 0.3) is 11.3 Å². The Morgan fingerprint density at radius 1 is 1.23 bits per heavy atom. The lowest BCUT2D eigenvalue weighted by Crippen LogP contribution is -2.44. The molecule has 1 saturated heterocycles. The van der Waals surface area contributed by atoms with Crippen LogP contribution in [0.3, 0.4) is 0 Å². The standard InChI is InChI=1S/C29H38FN5O3S/c1-28(2,3)27-33-24(22-10-7-20(30)17-23(22)26(36)34-29(18-31)11-12-29)25(38-27)19-5-8-21(9-6-19)35-13-15-39(37,32-4)16-14-35/h5-6,8-9,20,22-23H,7,10-17H2,1-4H3,(H,34,36)/t20-,22+,23?/m0/s1. The first kappa shape index (κ1) is 27.6. The molecule has 0 radical (unpaired) electrons. The van der Waals surface area contributed by atoms with Gasteiger partial charge in [-0.15, -0.1) is 0 Å². The Bertz CT molecular complexity index is 1380. The Morgan fingerprint density at radius 3 is 2.46 bits per heavy atom. The van der Waals surface area contributed by atoms with Crippen molar-refractivity contribution in [3.05, 3.63) is 35.9 Å². The molecule has 39 heavy (non-hydrogen) atoms. The molecule has 3 fully saturated rings. The molecular formula is C29H38FN5O3S. The predicted octanol–water partition coefficient (Wildman–Crippen LogP) is 4.95. The van der Waals surface area contributed by atoms with Crippen LogP contribution < -0.4 is 10.2 Å². The zero-order chi connectivity index (χ0) is 28.0. The van der Waals surface area contributed by atoms with E-state index in [1.165, 1.54) is 0 Å². The van der Waals surface area contributed by atoms with E-state index in [1.807, 2.05) is 45.0 Å². The van der Waals surface area contributed by atoms with Crippen LogP contribution in [0.1, 0.15) is 70.4 Å². The minimum atomic E-state index is -2.09. The molecule has 0 bridgehead atoms. The first-order valence-electron chi connectivity index (χ1n) is 13.8. The van der Waals surface area contributed by atoms with Gasteiger partial charge in [-0.1, -0.05) is 20.8 Å². The van der Waals surface area contributed by atoms with Gasteiger partial charge in [0.05, 0.1) is 11.8 Å². The summed E-state index contributed by atoms with van der Waals surface area (Å²) in [7, 11) is -0.458. The molecule has 2 aromatic rings. The number of carbonyl (C=O) groups is 1. The fourth-order valence-electron chi connectivity index (χ4n) is 5.55. The van der Waals surface area contributed by atoms with E-state index in [4.69, 9.17) is 9.40 Å². The third-order valence-electron chi connectivity index (χ3n) is 8.28. The molecule has 2 saturated carbocycles. The fourth-order valence-corrected chi connectivity index (χ4v) is 7.13. The van der Waals surface area contributed by atoms with E-state index in [-0.39, 0.29) is 23.7 Å². The van der Waals surface area contributed by atoms with Crippen LogP contribution in [0.5, 0.6) is 0 Å². The normalized spacial score (nSPS) is 25.9. The molecule has 1 unspecified atom stereocenters. The Morgan fingerprint density at radius 2 is 1.90 bits per heavy atom. The second-order valence-electron chi connectivity index (χ2n) is 12.2. The van der Waals surface area contributed by atoms with Gasteiger partial charge in [0.1, 0.15) is 11.7 Å². The van der Waals surface area contributed by atoms with Crippen LogP contribution in [0, 0.1) is 17.2 Å². The second-order valence-corrected chi connectivity index (χ2v) is 14.9. The van der Waals surface area contributed by atoms with Crippen molar-refractivity contribution in [3.8, 4) is 17.4 Å². The maximum absolute atomic E-state index is 14.6. The van der Waals surface area contributed by atoms with E-state index < -0.39 is 27.4 Å². The summed E-state index contributed by atoms with van der Waals surface area (Å²) in [5.41, 5.74) is 1.40. The summed E-state index contributed by atoms with van der Waals surface area (Å²) in [6, 6.07) is 10.2. The SMILES string of the molecule is CN=S1(=O)CCN(c2ccc(-c3oc(C(C)(C)C)nc3[C@@H]3CC[C@H](F)CC3C(=O)NC3(C#N)CC3)cc2)CC1. The highest BCUT2D eigenvalue weighted by Crippen LogP contribution is 2.45. The smallest absolute Gasteiger partial charge is 0.225 e. The third kappa shape index (κ3) is 5.69. The van der Waals surface area contributed by atoms with Gasteiger partial charge in [-0.05, 0) is 56.4 Å². The highest BCUT2D eigenvalue weighted by Gasteiger charge is 2.48. The number of nitrogens with one attached hydrogen (secondary N) is 1. The lowest BCUT2D eigenvalue weighted by Gasteiger charge is -2.32. The van der Waals surface area contributed by atoms with Crippen LogP contribution in [-0.4, -0.2) is 58.5 Å². The first-order valence-corrected chi connectivity index (χ1v) is 15.7. The number of carbonyl (C=O) groups excluding carboxylic acids is 1. The number of halogens is 1. The summed E-state index contributed by atoms with van der Waals surface area (Å²) in [6.07, 6.45) is 1.14. The molecule has 1 amide bonds. The number of aromatic nitrogens is 1. The number of anilines is 1. The molecule has 2 heterocycles. The van der Waals surface area contributed by atoms with Gasteiger partial charge in [0.25, 0.3) is 0 Å². The molecule has 2 aliphatic carbocycles. The van der Waals surface area contributed by atoms with Crippen LogP contribution in [0.15, 0.2) is 33.0 Å². The van der Waals surface area contributed by atoms with Crippen molar-refractivity contribution in [3.63, 3.8) is 0 Å². The van der Waals surface area contributed by atoms with Crippen molar-refractivity contribution in [1.29, 1.82) is 5.26 Å². The van der Waals surface area contributed by atoms with Crippen molar-refractivity contribution in [2.24, 2.45) is 10.3 Å². The van der Waals surface area contributed by atoms with Gasteiger partial charge in [0, 0.05) is 69.9 Å². The lowest BCUT2D eigenvalue weighted by atomic mass is 9.75. The zero-order valence-electron chi connectivity index (χ0n) is 23.2. The number of rotatable bonds is 5. The molecule has 1 aromatic heterocycles. The molecular weight excluding hydrogens is 517 g/mol. The molecule has 210 valence electrons. The predicted molar refractivity (Wildman–Crippen MR) is 150 cm³/mol. The Balaban J connectivity index is 1.46. The van der Waals surface area contributed by atoms with Crippen molar-refractivity contribution in [1.82, 2.24) is 10.3 Å². The maximum atomic E-state index is 14.6. The molecule has 10 heteroatoms. The minimum absolute atomic E-state index is 0.107. The van der Waals surface area contributed by atoms with E-state index in [1.54, 1.807) is 7.05 Å². The molecule has 5 rings (SSSR count). The number of hydrogen-bond acceptors (Lipinski definition) is 7. The van der Waals surface area contributed by atoms with Gasteiger partial charge in [0.2, 0.25) is 11.8 Å². The van der Waals surface area contributed by atoms with E-state index in [0.717, 1.165) is 11.3 Å². The van der Waals surface area contributed by atoms with Crippen LogP contribution in [0.4, 0.5) is 10.1 Å². The molecule has 0 spiro atoms. The van der Waals surface area contributed by atoms with Crippen LogP contribution in [-0.2, 0) is 19.9 Å². The number of oxazole rings is 1. The average molecular weight is 556 g/mol. The molecule has 1 aromatic carbocycles. The second kappa shape index (κ2) is 10.2. The van der Waals surface area contributed by atoms with Crippen molar-refractivity contribution in [2.75, 3.05) is 36.5 Å². The van der Waals surface area contributed by atoms with E-state index in [9.17, 15) is 18.7 Å². The highest BCUT2D eigenvalue weighted by molar-refractivity contribution is 7.93. The molecule has 3 atom stereocenters. The quantitative estimate of drug-likeness (QED) is 0.559. The van der Waals surface area contributed by atoms with Crippen LogP contribution >= 0.6 is 0 Å². The summed E-state index contributed by atoms with van der Waals surface area (Å²) in [5, 5.41) is 12.4. The summed E-state index contributed by atoms with van der Waals surface area (Å²) in [6.45, 7) is 7.45. The van der Waals surface area contributed by atoms with Gasteiger partial charge in [0.15, 0.2) is 5.76 Å². The summed E-state index contributed by atoms with van der Waals surface area (Å²) < 4.78 is 37.7. The number of benzene rings is 1. The van der Waals surface area contributed by atoms with Crippen molar-refractivity contribution >= 4 is 21.3 Å². The van der Waals surface area contributed by atoms with Gasteiger partial charge < -0.3 is 14.6 Å².